The van der Waals surface area contributed by atoms with Crippen LogP contribution in [0.1, 0.15) is 17.2 Å². The van der Waals surface area contributed by atoms with Crippen molar-refractivity contribution in [2.75, 3.05) is 13.7 Å². The molecule has 0 fully saturated rings. The third-order valence-corrected chi connectivity index (χ3v) is 2.76. The predicted molar refractivity (Wildman–Crippen MR) is 57.9 cm³/mol. The van der Waals surface area contributed by atoms with Crippen molar-refractivity contribution in [1.29, 1.82) is 0 Å². The Labute approximate surface area is 99.7 Å². The first-order chi connectivity index (χ1) is 7.36. The molecule has 1 rings (SSSR count). The van der Waals surface area contributed by atoms with Crippen molar-refractivity contribution in [3.05, 3.63) is 33.8 Å². The zero-order valence-electron chi connectivity index (χ0n) is 8.51. The lowest BCUT2D eigenvalue weighted by atomic mass is 10.0. The molecule has 1 atom stereocenters. The molecule has 0 heterocycles. The average Bonchev–Trinajstić information content (AvgIpc) is 2.16. The Kier molecular flexibility index (Phi) is 4.35. The Balaban J connectivity index is 3.07. The number of ether oxygens (including phenoxy) is 1. The molecule has 2 nitrogen and oxygen atoms in total. The minimum atomic E-state index is -4.39. The summed E-state index contributed by atoms with van der Waals surface area (Å²) in [5.41, 5.74) is 5.34. The smallest absolute Gasteiger partial charge is 0.383 e. The first-order valence-corrected chi connectivity index (χ1v) is 5.26. The molecule has 0 aliphatic rings. The molecular formula is C10H11BrF3NO. The Bertz CT molecular complexity index is 368. The molecule has 0 aliphatic heterocycles. The molecule has 1 unspecified atom stereocenters. The number of halogens is 4. The highest BCUT2D eigenvalue weighted by molar-refractivity contribution is 9.10. The maximum Gasteiger partial charge on any atom is 0.417 e. The molecule has 0 spiro atoms. The molecule has 6 heteroatoms. The SMILES string of the molecule is COCC(N)c1ccc(Br)c(C(F)(F)F)c1. The highest BCUT2D eigenvalue weighted by atomic mass is 79.9. The summed E-state index contributed by atoms with van der Waals surface area (Å²) in [5.74, 6) is 0. The van der Waals surface area contributed by atoms with Crippen molar-refractivity contribution in [3.63, 3.8) is 0 Å². The van der Waals surface area contributed by atoms with Crippen LogP contribution in [-0.2, 0) is 10.9 Å². The number of nitrogens with two attached hydrogens (primary N) is 1. The first kappa shape index (κ1) is 13.5. The first-order valence-electron chi connectivity index (χ1n) is 4.47. The number of alkyl halides is 3. The van der Waals surface area contributed by atoms with Gasteiger partial charge in [0.1, 0.15) is 0 Å². The summed E-state index contributed by atoms with van der Waals surface area (Å²) in [6, 6.07) is 3.36. The van der Waals surface area contributed by atoms with Crippen LogP contribution in [0.4, 0.5) is 13.2 Å². The lowest BCUT2D eigenvalue weighted by Crippen LogP contribution is -2.17. The summed E-state index contributed by atoms with van der Waals surface area (Å²) in [7, 11) is 1.45. The minimum Gasteiger partial charge on any atom is -0.383 e. The molecule has 2 N–H and O–H groups in total. The highest BCUT2D eigenvalue weighted by Gasteiger charge is 2.33. The Morgan fingerprint density at radius 1 is 1.44 bits per heavy atom. The molecule has 90 valence electrons. The van der Waals surface area contributed by atoms with E-state index in [2.05, 4.69) is 15.9 Å². The van der Waals surface area contributed by atoms with Gasteiger partial charge in [-0.3, -0.25) is 0 Å². The number of benzene rings is 1. The lowest BCUT2D eigenvalue weighted by Gasteiger charge is -2.15. The third-order valence-electron chi connectivity index (χ3n) is 2.07. The van der Waals surface area contributed by atoms with E-state index < -0.39 is 17.8 Å². The normalized spacial score (nSPS) is 13.9. The van der Waals surface area contributed by atoms with E-state index in [-0.39, 0.29) is 11.1 Å². The van der Waals surface area contributed by atoms with Crippen LogP contribution in [0.3, 0.4) is 0 Å². The van der Waals surface area contributed by atoms with Gasteiger partial charge in [0.25, 0.3) is 0 Å². The monoisotopic (exact) mass is 297 g/mol. The van der Waals surface area contributed by atoms with E-state index in [1.54, 1.807) is 6.07 Å². The zero-order valence-corrected chi connectivity index (χ0v) is 10.1. The van der Waals surface area contributed by atoms with Crippen molar-refractivity contribution >= 4 is 15.9 Å². The van der Waals surface area contributed by atoms with Gasteiger partial charge in [-0.1, -0.05) is 22.0 Å². The van der Waals surface area contributed by atoms with E-state index in [9.17, 15) is 13.2 Å². The molecule has 0 radical (unpaired) electrons. The van der Waals surface area contributed by atoms with Gasteiger partial charge in [0, 0.05) is 11.6 Å². The number of hydrogen-bond donors (Lipinski definition) is 1. The summed E-state index contributed by atoms with van der Waals surface area (Å²) >= 11 is 2.86. The van der Waals surface area contributed by atoms with Gasteiger partial charge >= 0.3 is 6.18 Å². The maximum absolute atomic E-state index is 12.6. The lowest BCUT2D eigenvalue weighted by molar-refractivity contribution is -0.138. The number of methoxy groups -OCH3 is 1. The van der Waals surface area contributed by atoms with Gasteiger partial charge in [-0.05, 0) is 17.7 Å². The van der Waals surface area contributed by atoms with Crippen molar-refractivity contribution in [1.82, 2.24) is 0 Å². The van der Waals surface area contributed by atoms with Crippen LogP contribution in [0.5, 0.6) is 0 Å². The van der Waals surface area contributed by atoms with Crippen LogP contribution in [0.25, 0.3) is 0 Å². The molecule has 1 aromatic carbocycles. The molecule has 0 amide bonds. The Morgan fingerprint density at radius 2 is 2.06 bits per heavy atom. The van der Waals surface area contributed by atoms with Crippen molar-refractivity contribution < 1.29 is 17.9 Å². The van der Waals surface area contributed by atoms with Crippen LogP contribution >= 0.6 is 15.9 Å². The fourth-order valence-electron chi connectivity index (χ4n) is 1.27. The Morgan fingerprint density at radius 3 is 2.56 bits per heavy atom. The van der Waals surface area contributed by atoms with Gasteiger partial charge in [0.15, 0.2) is 0 Å². The van der Waals surface area contributed by atoms with Crippen molar-refractivity contribution in [3.8, 4) is 0 Å². The molecule has 0 saturated carbocycles. The second-order valence-corrected chi connectivity index (χ2v) is 4.15. The van der Waals surface area contributed by atoms with E-state index in [0.717, 1.165) is 6.07 Å². The molecule has 1 aromatic rings. The van der Waals surface area contributed by atoms with E-state index >= 15 is 0 Å². The summed E-state index contributed by atoms with van der Waals surface area (Å²) in [6.07, 6.45) is -4.39. The van der Waals surface area contributed by atoms with Crippen LogP contribution in [0.2, 0.25) is 0 Å². The molecule has 16 heavy (non-hydrogen) atoms. The zero-order chi connectivity index (χ0) is 12.3. The van der Waals surface area contributed by atoms with Crippen LogP contribution in [0, 0.1) is 0 Å². The van der Waals surface area contributed by atoms with Crippen LogP contribution in [0.15, 0.2) is 22.7 Å². The van der Waals surface area contributed by atoms with E-state index in [1.807, 2.05) is 0 Å². The van der Waals surface area contributed by atoms with Gasteiger partial charge in [-0.15, -0.1) is 0 Å². The summed E-state index contributed by atoms with van der Waals surface area (Å²) in [4.78, 5) is 0. The fourth-order valence-corrected chi connectivity index (χ4v) is 1.74. The standard InChI is InChI=1S/C10H11BrF3NO/c1-16-5-9(15)6-2-3-8(11)7(4-6)10(12,13)14/h2-4,9H,5,15H2,1H3. The van der Waals surface area contributed by atoms with Crippen LogP contribution in [-0.4, -0.2) is 13.7 Å². The Hall–Kier alpha value is -0.590. The highest BCUT2D eigenvalue weighted by Crippen LogP contribution is 2.36. The average molecular weight is 298 g/mol. The fraction of sp³-hybridized carbons (Fsp3) is 0.400. The summed E-state index contributed by atoms with van der Waals surface area (Å²) in [6.45, 7) is 0.179. The minimum absolute atomic E-state index is 0.00775. The second kappa shape index (κ2) is 5.16. The van der Waals surface area contributed by atoms with Crippen molar-refractivity contribution in [2.24, 2.45) is 5.73 Å². The van der Waals surface area contributed by atoms with E-state index in [0.29, 0.717) is 5.56 Å². The topological polar surface area (TPSA) is 35.2 Å². The molecule has 0 bridgehead atoms. The number of hydrogen-bond acceptors (Lipinski definition) is 2. The molecule has 0 aromatic heterocycles. The van der Waals surface area contributed by atoms with Gasteiger partial charge in [0.2, 0.25) is 0 Å². The summed E-state index contributed by atoms with van der Waals surface area (Å²) in [5, 5.41) is 0. The predicted octanol–water partition coefficient (Wildman–Crippen LogP) is 3.11. The van der Waals surface area contributed by atoms with E-state index in [1.165, 1.54) is 13.2 Å². The van der Waals surface area contributed by atoms with Gasteiger partial charge in [-0.2, -0.15) is 13.2 Å². The molecular weight excluding hydrogens is 287 g/mol. The number of rotatable bonds is 3. The van der Waals surface area contributed by atoms with E-state index in [4.69, 9.17) is 10.5 Å². The third kappa shape index (κ3) is 3.20. The summed E-state index contributed by atoms with van der Waals surface area (Å²) < 4.78 is 42.5. The van der Waals surface area contributed by atoms with Gasteiger partial charge < -0.3 is 10.5 Å². The van der Waals surface area contributed by atoms with Crippen molar-refractivity contribution in [2.45, 2.75) is 12.2 Å². The second-order valence-electron chi connectivity index (χ2n) is 3.30. The largest absolute Gasteiger partial charge is 0.417 e. The quantitative estimate of drug-likeness (QED) is 0.930. The molecule has 0 aliphatic carbocycles. The molecule has 0 saturated heterocycles. The van der Waals surface area contributed by atoms with Crippen LogP contribution < -0.4 is 5.73 Å². The maximum atomic E-state index is 12.6. The van der Waals surface area contributed by atoms with Gasteiger partial charge in [-0.25, -0.2) is 0 Å². The van der Waals surface area contributed by atoms with Gasteiger partial charge in [0.05, 0.1) is 18.2 Å².